The van der Waals surface area contributed by atoms with Crippen molar-refractivity contribution in [2.75, 3.05) is 6.79 Å². The minimum atomic E-state index is 0.284. The predicted molar refractivity (Wildman–Crippen MR) is 72.6 cm³/mol. The van der Waals surface area contributed by atoms with Crippen LogP contribution in [0.3, 0.4) is 0 Å². The van der Waals surface area contributed by atoms with Crippen molar-refractivity contribution in [2.24, 2.45) is 5.73 Å². The first kappa shape index (κ1) is 12.6. The first-order valence-corrected chi connectivity index (χ1v) is 7.16. The summed E-state index contributed by atoms with van der Waals surface area (Å²) in [7, 11) is 0. The van der Waals surface area contributed by atoms with E-state index in [1.807, 2.05) is 12.1 Å². The molecular formula is C15H21NO3. The van der Waals surface area contributed by atoms with Gasteiger partial charge in [0.2, 0.25) is 6.79 Å². The predicted octanol–water partition coefficient (Wildman–Crippen LogP) is 2.98. The van der Waals surface area contributed by atoms with E-state index < -0.39 is 0 Å². The van der Waals surface area contributed by atoms with Crippen LogP contribution in [0.4, 0.5) is 0 Å². The molecule has 0 aromatic heterocycles. The van der Waals surface area contributed by atoms with Crippen LogP contribution in [0.15, 0.2) is 12.1 Å². The van der Waals surface area contributed by atoms with Gasteiger partial charge in [0.15, 0.2) is 11.5 Å². The van der Waals surface area contributed by atoms with Crippen LogP contribution >= 0.6 is 0 Å². The molecule has 1 aromatic carbocycles. The zero-order chi connectivity index (χ0) is 13.1. The van der Waals surface area contributed by atoms with Gasteiger partial charge in [0.05, 0.1) is 6.10 Å². The molecule has 1 heterocycles. The summed E-state index contributed by atoms with van der Waals surface area (Å²) in [5.74, 6) is 2.40. The number of nitrogens with two attached hydrogens (primary N) is 1. The summed E-state index contributed by atoms with van der Waals surface area (Å²) < 4.78 is 16.9. The fourth-order valence-electron chi connectivity index (χ4n) is 2.77. The maximum absolute atomic E-state index is 6.17. The van der Waals surface area contributed by atoms with Crippen molar-refractivity contribution in [1.29, 1.82) is 0 Å². The third-order valence-corrected chi connectivity index (χ3v) is 3.87. The zero-order valence-corrected chi connectivity index (χ0v) is 11.2. The van der Waals surface area contributed by atoms with Crippen LogP contribution in [0.25, 0.3) is 0 Å². The summed E-state index contributed by atoms with van der Waals surface area (Å²) in [6, 6.07) is 3.86. The molecule has 0 spiro atoms. The Balaban J connectivity index is 1.79. The molecule has 1 aromatic rings. The van der Waals surface area contributed by atoms with E-state index >= 15 is 0 Å². The topological polar surface area (TPSA) is 53.7 Å². The zero-order valence-electron chi connectivity index (χ0n) is 11.2. The molecule has 0 unspecified atom stereocenters. The lowest BCUT2D eigenvalue weighted by Gasteiger charge is -2.19. The molecule has 0 radical (unpaired) electrons. The highest BCUT2D eigenvalue weighted by Crippen LogP contribution is 2.39. The van der Waals surface area contributed by atoms with Crippen molar-refractivity contribution < 1.29 is 14.2 Å². The van der Waals surface area contributed by atoms with Gasteiger partial charge < -0.3 is 19.9 Å². The maximum atomic E-state index is 6.17. The Bertz CT molecular complexity index is 439. The second-order valence-electron chi connectivity index (χ2n) is 5.25. The van der Waals surface area contributed by atoms with Gasteiger partial charge in [0.25, 0.3) is 0 Å². The second-order valence-corrected chi connectivity index (χ2v) is 5.25. The standard InChI is InChI=1S/C15H21NO3/c16-9-11-7-14-15(18-10-17-14)8-13(11)19-12-5-3-1-2-4-6-12/h7-8,12H,1-6,9-10,16H2. The van der Waals surface area contributed by atoms with Crippen molar-refractivity contribution in [3.63, 3.8) is 0 Å². The number of ether oxygens (including phenoxy) is 3. The molecule has 0 saturated heterocycles. The Morgan fingerprint density at radius 3 is 2.42 bits per heavy atom. The van der Waals surface area contributed by atoms with Crippen molar-refractivity contribution >= 4 is 0 Å². The van der Waals surface area contributed by atoms with Gasteiger partial charge in [-0.15, -0.1) is 0 Å². The lowest BCUT2D eigenvalue weighted by atomic mass is 10.1. The Morgan fingerprint density at radius 1 is 1.05 bits per heavy atom. The van der Waals surface area contributed by atoms with Crippen LogP contribution in [0, 0.1) is 0 Å². The third-order valence-electron chi connectivity index (χ3n) is 3.87. The van der Waals surface area contributed by atoms with E-state index in [0.29, 0.717) is 12.6 Å². The normalized spacial score (nSPS) is 19.2. The molecule has 1 saturated carbocycles. The van der Waals surface area contributed by atoms with E-state index in [0.717, 1.165) is 35.7 Å². The van der Waals surface area contributed by atoms with Gasteiger partial charge in [0, 0.05) is 18.2 Å². The average Bonchev–Trinajstić information content (AvgIpc) is 2.72. The summed E-state index contributed by atoms with van der Waals surface area (Å²) in [5.41, 5.74) is 6.80. The molecular weight excluding hydrogens is 242 g/mol. The van der Waals surface area contributed by atoms with Gasteiger partial charge in [-0.05, 0) is 31.7 Å². The lowest BCUT2D eigenvalue weighted by Crippen LogP contribution is -2.16. The smallest absolute Gasteiger partial charge is 0.231 e. The molecule has 2 aliphatic rings. The minimum Gasteiger partial charge on any atom is -0.490 e. The fourth-order valence-corrected chi connectivity index (χ4v) is 2.77. The largest absolute Gasteiger partial charge is 0.490 e. The number of fused-ring (bicyclic) bond motifs is 1. The van der Waals surface area contributed by atoms with Crippen LogP contribution < -0.4 is 19.9 Å². The lowest BCUT2D eigenvalue weighted by molar-refractivity contribution is 0.172. The summed E-state index contributed by atoms with van der Waals surface area (Å²) in [5, 5.41) is 0. The summed E-state index contributed by atoms with van der Waals surface area (Å²) >= 11 is 0. The van der Waals surface area contributed by atoms with Gasteiger partial charge in [-0.1, -0.05) is 12.8 Å². The summed E-state index contributed by atoms with van der Waals surface area (Å²) in [4.78, 5) is 0. The second kappa shape index (κ2) is 5.70. The Hall–Kier alpha value is -1.42. The van der Waals surface area contributed by atoms with E-state index in [-0.39, 0.29) is 6.79 Å². The van der Waals surface area contributed by atoms with Crippen molar-refractivity contribution in [3.8, 4) is 17.2 Å². The van der Waals surface area contributed by atoms with Crippen LogP contribution in [0.5, 0.6) is 17.2 Å². The van der Waals surface area contributed by atoms with Crippen LogP contribution in [0.2, 0.25) is 0 Å². The van der Waals surface area contributed by atoms with Crippen molar-refractivity contribution in [2.45, 2.75) is 51.2 Å². The Morgan fingerprint density at radius 2 is 1.74 bits per heavy atom. The van der Waals surface area contributed by atoms with E-state index in [1.54, 1.807) is 0 Å². The van der Waals surface area contributed by atoms with Crippen molar-refractivity contribution in [3.05, 3.63) is 17.7 Å². The summed E-state index contributed by atoms with van der Waals surface area (Å²) in [6.45, 7) is 0.741. The van der Waals surface area contributed by atoms with Gasteiger partial charge in [-0.3, -0.25) is 0 Å². The Kier molecular flexibility index (Phi) is 3.78. The SMILES string of the molecule is NCc1cc2c(cc1OC1CCCCCC1)OCO2. The highest BCUT2D eigenvalue weighted by molar-refractivity contribution is 5.51. The molecule has 1 aliphatic carbocycles. The first-order valence-electron chi connectivity index (χ1n) is 7.16. The van der Waals surface area contributed by atoms with E-state index in [1.165, 1.54) is 25.7 Å². The van der Waals surface area contributed by atoms with E-state index in [4.69, 9.17) is 19.9 Å². The number of hydrogen-bond donors (Lipinski definition) is 1. The fraction of sp³-hybridized carbons (Fsp3) is 0.600. The molecule has 3 rings (SSSR count). The summed E-state index contributed by atoms with van der Waals surface area (Å²) in [6.07, 6.45) is 7.75. The van der Waals surface area contributed by atoms with Crippen LogP contribution in [-0.2, 0) is 6.54 Å². The number of rotatable bonds is 3. The molecule has 19 heavy (non-hydrogen) atoms. The Labute approximate surface area is 113 Å². The van der Waals surface area contributed by atoms with E-state index in [2.05, 4.69) is 0 Å². The molecule has 104 valence electrons. The van der Waals surface area contributed by atoms with Crippen molar-refractivity contribution in [1.82, 2.24) is 0 Å². The molecule has 0 bridgehead atoms. The van der Waals surface area contributed by atoms with Crippen LogP contribution in [-0.4, -0.2) is 12.9 Å². The van der Waals surface area contributed by atoms with E-state index in [9.17, 15) is 0 Å². The van der Waals surface area contributed by atoms with Gasteiger partial charge in [-0.2, -0.15) is 0 Å². The monoisotopic (exact) mass is 263 g/mol. The minimum absolute atomic E-state index is 0.284. The molecule has 4 heteroatoms. The quantitative estimate of drug-likeness (QED) is 0.852. The molecule has 2 N–H and O–H groups in total. The van der Waals surface area contributed by atoms with Gasteiger partial charge >= 0.3 is 0 Å². The molecule has 0 atom stereocenters. The van der Waals surface area contributed by atoms with Gasteiger partial charge in [-0.25, -0.2) is 0 Å². The third kappa shape index (κ3) is 2.78. The van der Waals surface area contributed by atoms with Gasteiger partial charge in [0.1, 0.15) is 5.75 Å². The molecule has 1 aliphatic heterocycles. The maximum Gasteiger partial charge on any atom is 0.231 e. The molecule has 4 nitrogen and oxygen atoms in total. The molecule has 0 amide bonds. The average molecular weight is 263 g/mol. The molecule has 1 fully saturated rings. The first-order chi connectivity index (χ1) is 9.36. The number of hydrogen-bond acceptors (Lipinski definition) is 4. The van der Waals surface area contributed by atoms with Crippen LogP contribution in [0.1, 0.15) is 44.1 Å². The number of benzene rings is 1. The highest BCUT2D eigenvalue weighted by atomic mass is 16.7. The highest BCUT2D eigenvalue weighted by Gasteiger charge is 2.20.